The molecule has 3 aliphatic heterocycles. The smallest absolute Gasteiger partial charge is 0.636 e. The quantitative estimate of drug-likeness (QED) is 0.124. The van der Waals surface area contributed by atoms with Crippen molar-refractivity contribution in [2.45, 2.75) is 79.1 Å². The van der Waals surface area contributed by atoms with Crippen LogP contribution in [-0.4, -0.2) is 37.0 Å². The van der Waals surface area contributed by atoms with E-state index in [1.165, 1.54) is 33.6 Å². The van der Waals surface area contributed by atoms with Crippen LogP contribution in [0.1, 0.15) is 101 Å². The van der Waals surface area contributed by atoms with E-state index in [0.29, 0.717) is 53.2 Å². The van der Waals surface area contributed by atoms with Crippen molar-refractivity contribution >= 4 is 30.7 Å². The van der Waals surface area contributed by atoms with Gasteiger partial charge >= 0.3 is 13.8 Å². The maximum Gasteiger partial charge on any atom is 0.636 e. The number of fused-ring (bicyclic) bond motifs is 4. The molecule has 0 amide bonds. The van der Waals surface area contributed by atoms with E-state index >= 15 is 0 Å². The minimum Gasteiger partial charge on any atom is -0.640 e. The van der Waals surface area contributed by atoms with Crippen LogP contribution >= 0.6 is 0 Å². The molecule has 1 spiro atoms. The molecule has 6 nitrogen and oxygen atoms in total. The Balaban J connectivity index is 0.000000377. The van der Waals surface area contributed by atoms with Crippen molar-refractivity contribution in [1.82, 2.24) is 0 Å². The van der Waals surface area contributed by atoms with Gasteiger partial charge in [-0.2, -0.15) is 0 Å². The Kier molecular flexibility index (Phi) is 12.9. The van der Waals surface area contributed by atoms with Crippen LogP contribution in [-0.2, 0) is 0 Å². The van der Waals surface area contributed by atoms with Crippen LogP contribution in [0.2, 0.25) is 0 Å². The lowest BCUT2D eigenvalue weighted by atomic mass is 9.49. The summed E-state index contributed by atoms with van der Waals surface area (Å²) in [5, 5.41) is 0. The lowest BCUT2D eigenvalue weighted by molar-refractivity contribution is -0.437. The van der Waals surface area contributed by atoms with Crippen LogP contribution in [0.5, 0.6) is 23.0 Å². The lowest BCUT2D eigenvalue weighted by Gasteiger charge is -2.41. The predicted molar refractivity (Wildman–Crippen MR) is 246 cm³/mol. The summed E-state index contributed by atoms with van der Waals surface area (Å²) in [6.45, 7) is 17.0. The molecular weight excluding hydrogens is 726 g/mol. The highest BCUT2D eigenvalue weighted by Gasteiger charge is 2.64. The van der Waals surface area contributed by atoms with E-state index in [1.807, 2.05) is 121 Å². The zero-order chi connectivity index (χ0) is 41.5. The van der Waals surface area contributed by atoms with E-state index in [9.17, 15) is 0 Å². The number of hydrogen-bond acceptors (Lipinski definition) is 5. The molecule has 6 aromatic rings. The van der Waals surface area contributed by atoms with Gasteiger partial charge in [-0.05, 0) is 59.1 Å². The molecule has 9 rings (SSSR count). The molecule has 3 aliphatic rings. The van der Waals surface area contributed by atoms with Gasteiger partial charge in [0.2, 0.25) is 5.69 Å². The third-order valence-electron chi connectivity index (χ3n) is 11.1. The third-order valence-corrected chi connectivity index (χ3v) is 11.1. The van der Waals surface area contributed by atoms with E-state index in [2.05, 4.69) is 101 Å². The summed E-state index contributed by atoms with van der Waals surface area (Å²) in [5.41, 5.74) is 8.42. The van der Waals surface area contributed by atoms with Crippen molar-refractivity contribution in [3.63, 3.8) is 0 Å². The van der Waals surface area contributed by atoms with Gasteiger partial charge in [0.05, 0.1) is 6.54 Å². The van der Waals surface area contributed by atoms with E-state index in [-0.39, 0.29) is 0 Å². The Hall–Kier alpha value is -5.88. The molecule has 0 aromatic heterocycles. The highest BCUT2D eigenvalue weighted by molar-refractivity contribution is 7.20. The predicted octanol–water partition coefficient (Wildman–Crippen LogP) is 12.6. The second-order valence-corrected chi connectivity index (χ2v) is 16.6. The number of para-hydroxylation sites is 6. The van der Waals surface area contributed by atoms with Crippen molar-refractivity contribution in [2.75, 3.05) is 17.9 Å². The third kappa shape index (κ3) is 8.78. The minimum absolute atomic E-state index is 0.297. The Labute approximate surface area is 352 Å². The van der Waals surface area contributed by atoms with Crippen molar-refractivity contribution in [3.8, 4) is 23.0 Å². The summed E-state index contributed by atoms with van der Waals surface area (Å²) in [7, 11) is -0.570. The average molecular weight is 785 g/mol. The molecule has 0 fully saturated rings. The number of rotatable bonds is 6. The highest BCUT2D eigenvalue weighted by atomic mass is 16.8. The molecule has 0 unspecified atom stereocenters. The first-order valence-corrected chi connectivity index (χ1v) is 21.3. The first kappa shape index (κ1) is 41.3. The summed E-state index contributed by atoms with van der Waals surface area (Å²) in [6.07, 6.45) is 0. The Morgan fingerprint density at radius 2 is 0.814 bits per heavy atom. The number of anilines is 1. The molecule has 302 valence electrons. The summed E-state index contributed by atoms with van der Waals surface area (Å²) >= 11 is 0. The van der Waals surface area contributed by atoms with Gasteiger partial charge in [0.25, 0.3) is 0 Å². The molecule has 0 N–H and O–H groups in total. The van der Waals surface area contributed by atoms with Gasteiger partial charge in [-0.3, -0.25) is 0 Å². The fourth-order valence-electron chi connectivity index (χ4n) is 8.31. The van der Waals surface area contributed by atoms with Crippen molar-refractivity contribution in [2.24, 2.45) is 0 Å². The normalized spacial score (nSPS) is 14.8. The van der Waals surface area contributed by atoms with Gasteiger partial charge < -0.3 is 23.4 Å². The topological polar surface area (TPSA) is 43.2 Å². The second kappa shape index (κ2) is 18.4. The minimum atomic E-state index is -2.57. The number of hydrogen-bond donors (Lipinski definition) is 0. The SMILES string of the molecule is CC(C)c1cccc(C(C)C)c1N1CC[N+](c2c(C(C)C)cccc2C(C)C)=C2B1Oc1ccccc1O[B-]21Oc2ccccc2O1.c1ccccc1.c1ccccc1. The van der Waals surface area contributed by atoms with Crippen LogP contribution in [0.3, 0.4) is 0 Å². The maximum absolute atomic E-state index is 7.21. The molecule has 0 bridgehead atoms. The number of benzene rings is 6. The van der Waals surface area contributed by atoms with Crippen LogP contribution in [0.25, 0.3) is 0 Å². The van der Waals surface area contributed by atoms with Crippen LogP contribution in [0, 0.1) is 0 Å². The molecule has 0 radical (unpaired) electrons. The summed E-state index contributed by atoms with van der Waals surface area (Å²) in [6, 6.07) is 53.2. The second-order valence-electron chi connectivity index (χ2n) is 16.6. The van der Waals surface area contributed by atoms with Crippen molar-refractivity contribution in [3.05, 3.63) is 180 Å². The van der Waals surface area contributed by atoms with Crippen molar-refractivity contribution < 1.29 is 23.2 Å². The van der Waals surface area contributed by atoms with Crippen molar-refractivity contribution in [1.29, 1.82) is 0 Å². The fraction of sp³-hybridized carbons (Fsp3) is 0.275. The number of nitrogens with zero attached hydrogens (tertiary/aromatic N) is 2. The van der Waals surface area contributed by atoms with Crippen LogP contribution in [0.4, 0.5) is 11.4 Å². The molecular formula is C51H58B2N2O4. The molecule has 59 heavy (non-hydrogen) atoms. The zero-order valence-corrected chi connectivity index (χ0v) is 35.9. The van der Waals surface area contributed by atoms with Gasteiger partial charge in [-0.25, -0.2) is 4.58 Å². The zero-order valence-electron chi connectivity index (χ0n) is 35.9. The highest BCUT2D eigenvalue weighted by Crippen LogP contribution is 2.46. The first-order valence-electron chi connectivity index (χ1n) is 21.3. The van der Waals surface area contributed by atoms with Gasteiger partial charge in [-0.1, -0.05) is 189 Å². The largest absolute Gasteiger partial charge is 0.640 e. The van der Waals surface area contributed by atoms with Gasteiger partial charge in [0.1, 0.15) is 23.0 Å². The van der Waals surface area contributed by atoms with Gasteiger partial charge in [0.15, 0.2) is 12.1 Å². The Morgan fingerprint density at radius 1 is 0.458 bits per heavy atom. The Bertz CT molecular complexity index is 2180. The van der Waals surface area contributed by atoms with Crippen LogP contribution in [0.15, 0.2) is 158 Å². The molecule has 0 aliphatic carbocycles. The van der Waals surface area contributed by atoms with E-state index < -0.39 is 13.8 Å². The Morgan fingerprint density at radius 3 is 1.20 bits per heavy atom. The van der Waals surface area contributed by atoms with E-state index in [4.69, 9.17) is 18.6 Å². The summed E-state index contributed by atoms with van der Waals surface area (Å²) in [5.74, 6) is 3.83. The summed E-state index contributed by atoms with van der Waals surface area (Å²) in [4.78, 5) is 2.45. The van der Waals surface area contributed by atoms with E-state index in [0.717, 1.165) is 12.1 Å². The first-order chi connectivity index (χ1) is 28.6. The van der Waals surface area contributed by atoms with E-state index in [1.54, 1.807) is 0 Å². The van der Waals surface area contributed by atoms with Crippen LogP contribution < -0.4 is 23.4 Å². The van der Waals surface area contributed by atoms with Gasteiger partial charge in [-0.15, -0.1) is 0 Å². The molecule has 6 aromatic carbocycles. The maximum atomic E-state index is 7.21. The monoisotopic (exact) mass is 784 g/mol. The molecule has 3 heterocycles. The summed E-state index contributed by atoms with van der Waals surface area (Å²) < 4.78 is 30.6. The fourth-order valence-corrected chi connectivity index (χ4v) is 8.31. The van der Waals surface area contributed by atoms with Gasteiger partial charge in [0, 0.05) is 16.8 Å². The molecule has 0 saturated heterocycles. The molecule has 8 heteroatoms. The lowest BCUT2D eigenvalue weighted by Crippen LogP contribution is -2.73. The molecule has 0 saturated carbocycles. The molecule has 0 atom stereocenters. The average Bonchev–Trinajstić information content (AvgIpc) is 3.57. The standard InChI is InChI=1S/C39H46B2N2O4.2C6H6/c1-25(2)29-15-13-16-30(26(3)4)37(29)42-23-24-43(38-31(27(5)6)17-14-18-32(38)28(7)8)40-39(42)41(45-34-20-10-9-19-33(34)44-40)46-35-21-11-12-22-36(35)47-41;2*1-2-4-6-5-3-1/h9-22,25-28H,23-24H2,1-8H3;2*1-6H.